The smallest absolute Gasteiger partial charge is 0.248 e. The normalized spacial score (nSPS) is 16.3. The minimum atomic E-state index is -0.193. The molecule has 42 heavy (non-hydrogen) atoms. The average Bonchev–Trinajstić information content (AvgIpc) is 3.59. The first kappa shape index (κ1) is 26.9. The highest BCUT2D eigenvalue weighted by Crippen LogP contribution is 2.46. The number of nitrogens with one attached hydrogen (secondary N) is 2. The zero-order chi connectivity index (χ0) is 28.6. The number of hydrogen-bond donors (Lipinski definition) is 2. The molecule has 3 aromatic carbocycles. The Morgan fingerprint density at radius 1 is 1.07 bits per heavy atom. The van der Waals surface area contributed by atoms with Crippen molar-refractivity contribution in [2.45, 2.75) is 57.1 Å². The molecule has 0 aliphatic heterocycles. The highest BCUT2D eigenvalue weighted by atomic mass is 35.5. The van der Waals surface area contributed by atoms with Gasteiger partial charge < -0.3 is 15.4 Å². The summed E-state index contributed by atoms with van der Waals surface area (Å²) in [4.78, 5) is 24.5. The van der Waals surface area contributed by atoms with E-state index in [4.69, 9.17) is 16.3 Å². The van der Waals surface area contributed by atoms with Crippen molar-refractivity contribution >= 4 is 45.6 Å². The van der Waals surface area contributed by atoms with Crippen LogP contribution in [0.25, 0.3) is 22.0 Å². The Morgan fingerprint density at radius 2 is 1.90 bits per heavy atom. The number of hydrogen-bond acceptors (Lipinski definition) is 6. The zero-order valence-electron chi connectivity index (χ0n) is 23.7. The topological polar surface area (TPSA) is 79.4 Å². The van der Waals surface area contributed by atoms with Crippen LogP contribution in [0.2, 0.25) is 5.02 Å². The number of fused-ring (bicyclic) bond motifs is 4. The largest absolute Gasteiger partial charge is 0.488 e. The van der Waals surface area contributed by atoms with Crippen LogP contribution in [0, 0.1) is 0 Å². The second kappa shape index (κ2) is 11.4. The summed E-state index contributed by atoms with van der Waals surface area (Å²) < 4.78 is 6.43. The summed E-state index contributed by atoms with van der Waals surface area (Å²) in [5.74, 6) is 1.05. The molecule has 1 aromatic heterocycles. The summed E-state index contributed by atoms with van der Waals surface area (Å²) in [7, 11) is 2.10. The van der Waals surface area contributed by atoms with Crippen molar-refractivity contribution in [1.82, 2.24) is 14.9 Å². The Hall–Kier alpha value is -3.94. The van der Waals surface area contributed by atoms with Crippen LogP contribution in [0.15, 0.2) is 67.0 Å². The molecular weight excluding hydrogens is 546 g/mol. The summed E-state index contributed by atoms with van der Waals surface area (Å²) in [6.45, 7) is 0.744. The van der Waals surface area contributed by atoms with E-state index < -0.39 is 0 Å². The SMILES string of the molecule is CN(CC=CC(=O)Nc1cc2c(Nc3c(Cl)ccc4c3-c3ccccc3C4)ncnc2cc1OC1CCCC1)C1CC1. The number of halogens is 1. The molecule has 3 aliphatic carbocycles. The van der Waals surface area contributed by atoms with E-state index in [-0.39, 0.29) is 12.0 Å². The van der Waals surface area contributed by atoms with Gasteiger partial charge in [-0.1, -0.05) is 48.0 Å². The van der Waals surface area contributed by atoms with Gasteiger partial charge in [-0.15, -0.1) is 0 Å². The predicted octanol–water partition coefficient (Wildman–Crippen LogP) is 7.51. The first-order valence-electron chi connectivity index (χ1n) is 14.8. The van der Waals surface area contributed by atoms with Crippen molar-refractivity contribution in [1.29, 1.82) is 0 Å². The fourth-order valence-electron chi connectivity index (χ4n) is 6.17. The first-order chi connectivity index (χ1) is 20.5. The van der Waals surface area contributed by atoms with E-state index in [1.807, 2.05) is 24.3 Å². The van der Waals surface area contributed by atoms with Crippen LogP contribution in [-0.4, -0.2) is 46.5 Å². The Morgan fingerprint density at radius 3 is 2.74 bits per heavy atom. The Bertz CT molecular complexity index is 1690. The molecule has 2 saturated carbocycles. The number of benzene rings is 3. The molecular formula is C34H34ClN5O2. The lowest BCUT2D eigenvalue weighted by atomic mass is 10.0. The molecule has 2 N–H and O–H groups in total. The number of ether oxygens (including phenoxy) is 1. The molecule has 7 rings (SSSR count). The van der Waals surface area contributed by atoms with Crippen LogP contribution >= 0.6 is 11.6 Å². The number of amides is 1. The third-order valence-corrected chi connectivity index (χ3v) is 8.89. The average molecular weight is 580 g/mol. The summed E-state index contributed by atoms with van der Waals surface area (Å²) in [5, 5.41) is 8.00. The number of carbonyl (C=O) groups is 1. The van der Waals surface area contributed by atoms with Gasteiger partial charge in [0.1, 0.15) is 17.9 Å². The van der Waals surface area contributed by atoms with E-state index in [0.717, 1.165) is 60.8 Å². The molecule has 0 spiro atoms. The summed E-state index contributed by atoms with van der Waals surface area (Å²) in [5.41, 5.74) is 6.92. The van der Waals surface area contributed by atoms with E-state index in [2.05, 4.69) is 62.9 Å². The molecule has 1 amide bonds. The molecule has 3 aliphatic rings. The Balaban J connectivity index is 1.23. The molecule has 0 unspecified atom stereocenters. The molecule has 0 atom stereocenters. The number of rotatable bonds is 9. The second-order valence-corrected chi connectivity index (χ2v) is 12.0. The van der Waals surface area contributed by atoms with Crippen LogP contribution in [0.4, 0.5) is 17.2 Å². The predicted molar refractivity (Wildman–Crippen MR) is 169 cm³/mol. The molecule has 7 nitrogen and oxygen atoms in total. The standard InChI is InChI=1S/C34H34ClN5O2/c1-40(23-13-14-23)16-6-11-31(41)38-29-18-26-28(19-30(29)42-24-8-3-4-9-24)36-20-37-34(26)39-33-27(35)15-12-22-17-21-7-2-5-10-25(21)32(22)33/h2,5-7,10-12,15,18-20,23-24H,3-4,8-9,13-14,16-17H2,1H3,(H,38,41)(H,36,37,39). The van der Waals surface area contributed by atoms with Gasteiger partial charge in [0.25, 0.3) is 0 Å². The van der Waals surface area contributed by atoms with Crippen LogP contribution in [-0.2, 0) is 11.2 Å². The van der Waals surface area contributed by atoms with Crippen LogP contribution in [0.1, 0.15) is 49.7 Å². The molecule has 214 valence electrons. The van der Waals surface area contributed by atoms with Gasteiger partial charge in [-0.25, -0.2) is 9.97 Å². The van der Waals surface area contributed by atoms with Crippen molar-refractivity contribution in [3.63, 3.8) is 0 Å². The maximum absolute atomic E-state index is 13.0. The number of nitrogens with zero attached hydrogens (tertiary/aromatic N) is 3. The van der Waals surface area contributed by atoms with Crippen LogP contribution < -0.4 is 15.4 Å². The summed E-state index contributed by atoms with van der Waals surface area (Å²) in [6, 6.07) is 16.9. The van der Waals surface area contributed by atoms with Gasteiger partial charge in [0.2, 0.25) is 5.91 Å². The van der Waals surface area contributed by atoms with Crippen LogP contribution in [0.3, 0.4) is 0 Å². The maximum atomic E-state index is 13.0. The lowest BCUT2D eigenvalue weighted by Gasteiger charge is -2.19. The number of aromatic nitrogens is 2. The Labute approximate surface area is 251 Å². The minimum Gasteiger partial charge on any atom is -0.488 e. The van der Waals surface area contributed by atoms with Crippen molar-refractivity contribution in [3.8, 4) is 16.9 Å². The first-order valence-corrected chi connectivity index (χ1v) is 15.2. The Kier molecular flexibility index (Phi) is 7.30. The lowest BCUT2D eigenvalue weighted by Crippen LogP contribution is -2.21. The molecule has 0 radical (unpaired) electrons. The fraction of sp³-hybridized carbons (Fsp3) is 0.324. The van der Waals surface area contributed by atoms with Gasteiger partial charge in [-0.3, -0.25) is 9.69 Å². The number of anilines is 3. The highest BCUT2D eigenvalue weighted by Gasteiger charge is 2.26. The van der Waals surface area contributed by atoms with E-state index in [0.29, 0.717) is 28.3 Å². The number of likely N-dealkylation sites (N-methyl/N-ethyl adjacent to an activating group) is 1. The zero-order valence-corrected chi connectivity index (χ0v) is 24.5. The van der Waals surface area contributed by atoms with Gasteiger partial charge in [-0.2, -0.15) is 0 Å². The highest BCUT2D eigenvalue weighted by molar-refractivity contribution is 6.34. The minimum absolute atomic E-state index is 0.131. The van der Waals surface area contributed by atoms with Crippen molar-refractivity contribution in [2.75, 3.05) is 24.2 Å². The van der Waals surface area contributed by atoms with Gasteiger partial charge in [-0.05, 0) is 80.8 Å². The van der Waals surface area contributed by atoms with E-state index in [1.165, 1.54) is 29.5 Å². The van der Waals surface area contributed by atoms with Gasteiger partial charge in [0, 0.05) is 35.7 Å². The van der Waals surface area contributed by atoms with Crippen molar-refractivity contribution in [2.24, 2.45) is 0 Å². The summed E-state index contributed by atoms with van der Waals surface area (Å²) in [6.07, 6.45) is 12.9. The van der Waals surface area contributed by atoms with Gasteiger partial charge in [0.05, 0.1) is 28.0 Å². The van der Waals surface area contributed by atoms with E-state index >= 15 is 0 Å². The van der Waals surface area contributed by atoms with Gasteiger partial charge >= 0.3 is 0 Å². The fourth-order valence-corrected chi connectivity index (χ4v) is 6.37. The quantitative estimate of drug-likeness (QED) is 0.176. The molecule has 8 heteroatoms. The number of carbonyl (C=O) groups excluding carboxylic acids is 1. The van der Waals surface area contributed by atoms with Crippen LogP contribution in [0.5, 0.6) is 5.75 Å². The van der Waals surface area contributed by atoms with Crippen molar-refractivity contribution < 1.29 is 9.53 Å². The molecule has 1 heterocycles. The molecule has 4 aromatic rings. The molecule has 0 bridgehead atoms. The lowest BCUT2D eigenvalue weighted by molar-refractivity contribution is -0.111. The van der Waals surface area contributed by atoms with Gasteiger partial charge in [0.15, 0.2) is 0 Å². The monoisotopic (exact) mass is 579 g/mol. The molecule has 0 saturated heterocycles. The maximum Gasteiger partial charge on any atom is 0.248 e. The summed E-state index contributed by atoms with van der Waals surface area (Å²) >= 11 is 6.80. The second-order valence-electron chi connectivity index (χ2n) is 11.6. The van der Waals surface area contributed by atoms with Crippen molar-refractivity contribution in [3.05, 3.63) is 83.2 Å². The molecule has 2 fully saturated rings. The van der Waals surface area contributed by atoms with E-state index in [1.54, 1.807) is 12.4 Å². The third-order valence-electron chi connectivity index (χ3n) is 8.58. The van der Waals surface area contributed by atoms with E-state index in [9.17, 15) is 4.79 Å². The third kappa shape index (κ3) is 5.46.